The molecule has 0 radical (unpaired) electrons. The van der Waals surface area contributed by atoms with Crippen LogP contribution in [0.1, 0.15) is 91.4 Å². The molecule has 0 aromatic rings. The fourth-order valence-electron chi connectivity index (χ4n) is 3.47. The first-order valence-electron chi connectivity index (χ1n) is 9.61. The maximum absolute atomic E-state index is 6.43. The summed E-state index contributed by atoms with van der Waals surface area (Å²) >= 11 is 0. The van der Waals surface area contributed by atoms with Crippen molar-refractivity contribution in [3.8, 4) is 0 Å². The summed E-state index contributed by atoms with van der Waals surface area (Å²) in [6.45, 7) is 10.0. The summed E-state index contributed by atoms with van der Waals surface area (Å²) in [7, 11) is 0. The van der Waals surface area contributed by atoms with E-state index < -0.39 is 0 Å². The molecule has 0 bridgehead atoms. The Balaban J connectivity index is 2.30. The minimum absolute atomic E-state index is 0.144. The summed E-state index contributed by atoms with van der Waals surface area (Å²) in [5.41, 5.74) is 0.144. The SMILES string of the molecule is CCCCCCCOC1(CNCCC)CCC(CC)CC1. The summed E-state index contributed by atoms with van der Waals surface area (Å²) < 4.78 is 6.43. The van der Waals surface area contributed by atoms with E-state index in [0.717, 1.165) is 25.6 Å². The quantitative estimate of drug-likeness (QED) is 0.493. The molecule has 0 atom stereocenters. The number of hydrogen-bond donors (Lipinski definition) is 1. The molecule has 1 aliphatic rings. The molecule has 21 heavy (non-hydrogen) atoms. The van der Waals surface area contributed by atoms with Gasteiger partial charge in [0, 0.05) is 13.2 Å². The highest BCUT2D eigenvalue weighted by atomic mass is 16.5. The minimum Gasteiger partial charge on any atom is -0.374 e. The van der Waals surface area contributed by atoms with Gasteiger partial charge in [0.15, 0.2) is 0 Å². The second kappa shape index (κ2) is 11.5. The lowest BCUT2D eigenvalue weighted by molar-refractivity contribution is -0.0776. The van der Waals surface area contributed by atoms with Crippen LogP contribution in [-0.4, -0.2) is 25.3 Å². The van der Waals surface area contributed by atoms with Crippen molar-refractivity contribution in [2.45, 2.75) is 97.0 Å². The van der Waals surface area contributed by atoms with E-state index in [2.05, 4.69) is 26.1 Å². The molecule has 1 rings (SSSR count). The lowest BCUT2D eigenvalue weighted by Gasteiger charge is -2.40. The fraction of sp³-hybridized carbons (Fsp3) is 1.00. The molecule has 126 valence electrons. The highest BCUT2D eigenvalue weighted by Crippen LogP contribution is 2.36. The van der Waals surface area contributed by atoms with Crippen molar-refractivity contribution in [1.29, 1.82) is 0 Å². The third-order valence-corrected chi connectivity index (χ3v) is 5.12. The van der Waals surface area contributed by atoms with Crippen molar-refractivity contribution in [3.63, 3.8) is 0 Å². The van der Waals surface area contributed by atoms with Gasteiger partial charge in [-0.05, 0) is 51.0 Å². The Bertz CT molecular complexity index is 228. The molecule has 1 N–H and O–H groups in total. The molecule has 0 unspecified atom stereocenters. The Labute approximate surface area is 133 Å². The largest absolute Gasteiger partial charge is 0.374 e. The maximum Gasteiger partial charge on any atom is 0.0806 e. The first kappa shape index (κ1) is 19.0. The average molecular weight is 298 g/mol. The second-order valence-electron chi connectivity index (χ2n) is 6.97. The summed E-state index contributed by atoms with van der Waals surface area (Å²) in [4.78, 5) is 0. The number of nitrogens with one attached hydrogen (secondary N) is 1. The van der Waals surface area contributed by atoms with Gasteiger partial charge >= 0.3 is 0 Å². The van der Waals surface area contributed by atoms with E-state index in [1.165, 1.54) is 70.6 Å². The normalized spacial score (nSPS) is 26.1. The van der Waals surface area contributed by atoms with Gasteiger partial charge in [0.2, 0.25) is 0 Å². The van der Waals surface area contributed by atoms with Gasteiger partial charge < -0.3 is 10.1 Å². The van der Waals surface area contributed by atoms with Crippen molar-refractivity contribution >= 4 is 0 Å². The number of hydrogen-bond acceptors (Lipinski definition) is 2. The number of unbranched alkanes of at least 4 members (excludes halogenated alkanes) is 4. The molecule has 1 fully saturated rings. The highest BCUT2D eigenvalue weighted by Gasteiger charge is 2.35. The molecule has 1 saturated carbocycles. The van der Waals surface area contributed by atoms with Gasteiger partial charge in [-0.1, -0.05) is 52.9 Å². The Hall–Kier alpha value is -0.0800. The van der Waals surface area contributed by atoms with Gasteiger partial charge in [-0.2, -0.15) is 0 Å². The highest BCUT2D eigenvalue weighted by molar-refractivity contribution is 4.89. The van der Waals surface area contributed by atoms with Crippen molar-refractivity contribution in [2.75, 3.05) is 19.7 Å². The predicted octanol–water partition coefficient (Wildman–Crippen LogP) is 5.31. The molecule has 2 heteroatoms. The molecule has 0 aliphatic heterocycles. The van der Waals surface area contributed by atoms with Crippen molar-refractivity contribution < 1.29 is 4.74 Å². The first-order chi connectivity index (χ1) is 10.3. The smallest absolute Gasteiger partial charge is 0.0806 e. The van der Waals surface area contributed by atoms with Crippen molar-refractivity contribution in [3.05, 3.63) is 0 Å². The van der Waals surface area contributed by atoms with E-state index in [9.17, 15) is 0 Å². The van der Waals surface area contributed by atoms with Crippen LogP contribution in [0.2, 0.25) is 0 Å². The summed E-state index contributed by atoms with van der Waals surface area (Å²) in [5, 5.41) is 3.61. The molecular formula is C19H39NO. The topological polar surface area (TPSA) is 21.3 Å². The monoisotopic (exact) mass is 297 g/mol. The van der Waals surface area contributed by atoms with Crippen LogP contribution in [0.15, 0.2) is 0 Å². The fourth-order valence-corrected chi connectivity index (χ4v) is 3.47. The minimum atomic E-state index is 0.144. The Morgan fingerprint density at radius 2 is 1.67 bits per heavy atom. The zero-order chi connectivity index (χ0) is 15.4. The molecule has 0 spiro atoms. The van der Waals surface area contributed by atoms with E-state index in [1.54, 1.807) is 0 Å². The van der Waals surface area contributed by atoms with Crippen molar-refractivity contribution in [2.24, 2.45) is 5.92 Å². The molecule has 0 saturated heterocycles. The molecule has 0 heterocycles. The van der Waals surface area contributed by atoms with E-state index in [4.69, 9.17) is 4.74 Å². The van der Waals surface area contributed by atoms with Crippen molar-refractivity contribution in [1.82, 2.24) is 5.32 Å². The van der Waals surface area contributed by atoms with Gasteiger partial charge in [-0.15, -0.1) is 0 Å². The van der Waals surface area contributed by atoms with Gasteiger partial charge in [-0.3, -0.25) is 0 Å². The molecule has 0 amide bonds. The molecule has 2 nitrogen and oxygen atoms in total. The Morgan fingerprint density at radius 1 is 0.952 bits per heavy atom. The number of ether oxygens (including phenoxy) is 1. The van der Waals surface area contributed by atoms with Gasteiger partial charge in [-0.25, -0.2) is 0 Å². The summed E-state index contributed by atoms with van der Waals surface area (Å²) in [6, 6.07) is 0. The maximum atomic E-state index is 6.43. The van der Waals surface area contributed by atoms with E-state index in [1.807, 2.05) is 0 Å². The zero-order valence-electron chi connectivity index (χ0n) is 14.9. The average Bonchev–Trinajstić information content (AvgIpc) is 2.52. The lowest BCUT2D eigenvalue weighted by Crippen LogP contribution is -2.46. The number of rotatable bonds is 12. The van der Waals surface area contributed by atoms with Gasteiger partial charge in [0.1, 0.15) is 0 Å². The zero-order valence-corrected chi connectivity index (χ0v) is 14.9. The summed E-state index contributed by atoms with van der Waals surface area (Å²) in [6.07, 6.45) is 14.5. The Kier molecular flexibility index (Phi) is 10.4. The third-order valence-electron chi connectivity index (χ3n) is 5.12. The van der Waals surface area contributed by atoms with Crippen LogP contribution in [0.25, 0.3) is 0 Å². The third kappa shape index (κ3) is 7.65. The van der Waals surface area contributed by atoms with E-state index >= 15 is 0 Å². The van der Waals surface area contributed by atoms with Crippen LogP contribution in [0, 0.1) is 5.92 Å². The first-order valence-corrected chi connectivity index (χ1v) is 9.61. The second-order valence-corrected chi connectivity index (χ2v) is 6.97. The van der Waals surface area contributed by atoms with Crippen LogP contribution < -0.4 is 5.32 Å². The molecule has 0 aromatic carbocycles. The van der Waals surface area contributed by atoms with Gasteiger partial charge in [0.25, 0.3) is 0 Å². The van der Waals surface area contributed by atoms with Crippen LogP contribution in [0.3, 0.4) is 0 Å². The summed E-state index contributed by atoms with van der Waals surface area (Å²) in [5.74, 6) is 0.942. The predicted molar refractivity (Wildman–Crippen MR) is 92.9 cm³/mol. The van der Waals surface area contributed by atoms with Crippen LogP contribution in [0.5, 0.6) is 0 Å². The molecule has 1 aliphatic carbocycles. The van der Waals surface area contributed by atoms with Crippen LogP contribution in [0.4, 0.5) is 0 Å². The molecule has 0 aromatic heterocycles. The van der Waals surface area contributed by atoms with Gasteiger partial charge in [0.05, 0.1) is 5.60 Å². The van der Waals surface area contributed by atoms with E-state index in [0.29, 0.717) is 0 Å². The lowest BCUT2D eigenvalue weighted by atomic mass is 9.77. The Morgan fingerprint density at radius 3 is 2.29 bits per heavy atom. The van der Waals surface area contributed by atoms with Crippen LogP contribution in [-0.2, 0) is 4.74 Å². The van der Waals surface area contributed by atoms with Crippen LogP contribution >= 0.6 is 0 Å². The van der Waals surface area contributed by atoms with E-state index in [-0.39, 0.29) is 5.60 Å². The standard InChI is InChI=1S/C19H39NO/c1-4-7-8-9-10-16-21-19(17-20-15-5-2)13-11-18(6-3)12-14-19/h18,20H,4-17H2,1-3H3. The molecular weight excluding hydrogens is 258 g/mol.